The van der Waals surface area contributed by atoms with E-state index in [0.29, 0.717) is 30.1 Å². The van der Waals surface area contributed by atoms with Crippen LogP contribution in [0, 0.1) is 6.92 Å². The second-order valence-electron chi connectivity index (χ2n) is 4.51. The molecule has 1 aromatic heterocycles. The molecule has 106 valence electrons. The largest absolute Gasteiger partial charge is 0.399 e. The molecular weight excluding hydrogens is 256 g/mol. The summed E-state index contributed by atoms with van der Waals surface area (Å²) in [6, 6.07) is 5.19. The summed E-state index contributed by atoms with van der Waals surface area (Å²) >= 11 is 0. The fourth-order valence-electron chi connectivity index (χ4n) is 1.76. The molecule has 6 heteroatoms. The monoisotopic (exact) mass is 274 g/mol. The van der Waals surface area contributed by atoms with E-state index in [4.69, 9.17) is 10.5 Å². The number of hydrogen-bond acceptors (Lipinski definition) is 4. The number of carbonyl (C=O) groups excluding carboxylic acids is 1. The Morgan fingerprint density at radius 1 is 1.50 bits per heavy atom. The summed E-state index contributed by atoms with van der Waals surface area (Å²) in [6.07, 6.45) is 3.37. The molecule has 6 nitrogen and oxygen atoms in total. The summed E-state index contributed by atoms with van der Waals surface area (Å²) in [4.78, 5) is 12.1. The summed E-state index contributed by atoms with van der Waals surface area (Å²) in [5.74, 6) is -0.181. The van der Waals surface area contributed by atoms with Crippen molar-refractivity contribution in [2.24, 2.45) is 0 Å². The zero-order valence-electron chi connectivity index (χ0n) is 11.6. The van der Waals surface area contributed by atoms with Gasteiger partial charge >= 0.3 is 0 Å². The number of ether oxygens (including phenoxy) is 1. The van der Waals surface area contributed by atoms with E-state index in [9.17, 15) is 4.79 Å². The van der Waals surface area contributed by atoms with Gasteiger partial charge < -0.3 is 15.8 Å². The molecule has 2 rings (SSSR count). The van der Waals surface area contributed by atoms with E-state index >= 15 is 0 Å². The highest BCUT2D eigenvalue weighted by molar-refractivity contribution is 6.04. The van der Waals surface area contributed by atoms with Gasteiger partial charge in [0.1, 0.15) is 0 Å². The molecule has 0 bridgehead atoms. The minimum absolute atomic E-state index is 0.181. The average molecular weight is 274 g/mol. The van der Waals surface area contributed by atoms with Gasteiger partial charge in [-0.3, -0.25) is 9.48 Å². The van der Waals surface area contributed by atoms with Crippen LogP contribution in [0.5, 0.6) is 0 Å². The van der Waals surface area contributed by atoms with Gasteiger partial charge in [-0.15, -0.1) is 0 Å². The third-order valence-corrected chi connectivity index (χ3v) is 2.95. The first kappa shape index (κ1) is 14.1. The number of aryl methyl sites for hydroxylation is 1. The van der Waals surface area contributed by atoms with E-state index in [-0.39, 0.29) is 5.91 Å². The molecule has 2 aromatic rings. The lowest BCUT2D eigenvalue weighted by atomic mass is 10.1. The lowest BCUT2D eigenvalue weighted by Crippen LogP contribution is -2.12. The molecule has 0 radical (unpaired) electrons. The summed E-state index contributed by atoms with van der Waals surface area (Å²) in [5.41, 5.74) is 8.52. The highest BCUT2D eigenvalue weighted by Gasteiger charge is 2.08. The molecule has 0 aliphatic heterocycles. The fourth-order valence-corrected chi connectivity index (χ4v) is 1.76. The predicted octanol–water partition coefficient (Wildman–Crippen LogP) is 1.67. The van der Waals surface area contributed by atoms with Crippen LogP contribution < -0.4 is 11.1 Å². The van der Waals surface area contributed by atoms with E-state index in [1.807, 2.05) is 6.92 Å². The number of aromatic nitrogens is 2. The Kier molecular flexibility index (Phi) is 4.37. The molecule has 1 aromatic carbocycles. The maximum absolute atomic E-state index is 12.1. The lowest BCUT2D eigenvalue weighted by molar-refractivity contribution is 0.102. The van der Waals surface area contributed by atoms with Crippen LogP contribution >= 0.6 is 0 Å². The van der Waals surface area contributed by atoms with Crippen LogP contribution in [0.25, 0.3) is 0 Å². The van der Waals surface area contributed by atoms with E-state index in [1.54, 1.807) is 42.4 Å². The molecule has 3 N–H and O–H groups in total. The van der Waals surface area contributed by atoms with Crippen molar-refractivity contribution in [2.45, 2.75) is 13.5 Å². The van der Waals surface area contributed by atoms with E-state index in [0.717, 1.165) is 5.56 Å². The van der Waals surface area contributed by atoms with Crippen molar-refractivity contribution < 1.29 is 9.53 Å². The fraction of sp³-hybridized carbons (Fsp3) is 0.286. The molecule has 0 unspecified atom stereocenters. The average Bonchev–Trinajstić information content (AvgIpc) is 2.87. The molecule has 0 saturated carbocycles. The second-order valence-corrected chi connectivity index (χ2v) is 4.51. The quantitative estimate of drug-likeness (QED) is 0.813. The summed E-state index contributed by atoms with van der Waals surface area (Å²) in [6.45, 7) is 3.09. The van der Waals surface area contributed by atoms with Crippen LogP contribution in [0.3, 0.4) is 0 Å². The summed E-state index contributed by atoms with van der Waals surface area (Å²) < 4.78 is 6.69. The minimum atomic E-state index is -0.181. The van der Waals surface area contributed by atoms with Crippen LogP contribution in [0.4, 0.5) is 11.4 Å². The van der Waals surface area contributed by atoms with Gasteiger partial charge in [-0.05, 0) is 30.7 Å². The standard InChI is InChI=1S/C14H18N4O2/c1-10-7-11(3-4-13(10)15)14(19)17-12-8-16-18(9-12)5-6-20-2/h3-4,7-9H,5-6,15H2,1-2H3,(H,17,19). The first-order valence-electron chi connectivity index (χ1n) is 6.29. The molecule has 0 fully saturated rings. The topological polar surface area (TPSA) is 82.2 Å². The van der Waals surface area contributed by atoms with Crippen molar-refractivity contribution in [1.82, 2.24) is 9.78 Å². The maximum Gasteiger partial charge on any atom is 0.255 e. The van der Waals surface area contributed by atoms with Crippen LogP contribution in [0.2, 0.25) is 0 Å². The third kappa shape index (κ3) is 3.36. The molecule has 0 aliphatic rings. The van der Waals surface area contributed by atoms with E-state index < -0.39 is 0 Å². The minimum Gasteiger partial charge on any atom is -0.399 e. The molecule has 1 amide bonds. The number of carbonyl (C=O) groups is 1. The Hall–Kier alpha value is -2.34. The number of anilines is 2. The molecule has 0 spiro atoms. The van der Waals surface area contributed by atoms with Gasteiger partial charge in [0.2, 0.25) is 0 Å². The highest BCUT2D eigenvalue weighted by Crippen LogP contribution is 2.14. The van der Waals surface area contributed by atoms with Crippen LogP contribution in [-0.4, -0.2) is 29.4 Å². The summed E-state index contributed by atoms with van der Waals surface area (Å²) in [5, 5.41) is 6.93. The van der Waals surface area contributed by atoms with Gasteiger partial charge in [0, 0.05) is 24.6 Å². The second kappa shape index (κ2) is 6.21. The predicted molar refractivity (Wildman–Crippen MR) is 77.6 cm³/mol. The molecule has 1 heterocycles. The lowest BCUT2D eigenvalue weighted by Gasteiger charge is -2.05. The Morgan fingerprint density at radius 2 is 2.30 bits per heavy atom. The number of amides is 1. The van der Waals surface area contributed by atoms with E-state index in [2.05, 4.69) is 10.4 Å². The van der Waals surface area contributed by atoms with Gasteiger partial charge in [0.15, 0.2) is 0 Å². The number of benzene rings is 1. The van der Waals surface area contributed by atoms with Gasteiger partial charge in [-0.25, -0.2) is 0 Å². The number of nitrogens with two attached hydrogens (primary N) is 1. The first-order valence-corrected chi connectivity index (χ1v) is 6.29. The molecule has 0 saturated heterocycles. The van der Waals surface area contributed by atoms with Gasteiger partial charge in [-0.2, -0.15) is 5.10 Å². The number of rotatable bonds is 5. The van der Waals surface area contributed by atoms with Crippen molar-refractivity contribution in [3.05, 3.63) is 41.7 Å². The Balaban J connectivity index is 2.03. The smallest absolute Gasteiger partial charge is 0.255 e. The van der Waals surface area contributed by atoms with Gasteiger partial charge in [0.25, 0.3) is 5.91 Å². The van der Waals surface area contributed by atoms with Crippen LogP contribution in [0.1, 0.15) is 15.9 Å². The van der Waals surface area contributed by atoms with Gasteiger partial charge in [-0.1, -0.05) is 0 Å². The molecule has 20 heavy (non-hydrogen) atoms. The van der Waals surface area contributed by atoms with E-state index in [1.165, 1.54) is 0 Å². The Morgan fingerprint density at radius 3 is 3.00 bits per heavy atom. The zero-order valence-corrected chi connectivity index (χ0v) is 11.6. The van der Waals surface area contributed by atoms with Crippen molar-refractivity contribution in [1.29, 1.82) is 0 Å². The maximum atomic E-state index is 12.1. The van der Waals surface area contributed by atoms with Crippen molar-refractivity contribution in [3.63, 3.8) is 0 Å². The third-order valence-electron chi connectivity index (χ3n) is 2.95. The number of nitrogen functional groups attached to an aromatic ring is 1. The molecule has 0 atom stereocenters. The molecular formula is C14H18N4O2. The number of nitrogens with one attached hydrogen (secondary N) is 1. The number of hydrogen-bond donors (Lipinski definition) is 2. The SMILES string of the molecule is COCCn1cc(NC(=O)c2ccc(N)c(C)c2)cn1. The van der Waals surface area contributed by atoms with Crippen LogP contribution in [-0.2, 0) is 11.3 Å². The van der Waals surface area contributed by atoms with Crippen molar-refractivity contribution >= 4 is 17.3 Å². The van der Waals surface area contributed by atoms with Crippen LogP contribution in [0.15, 0.2) is 30.6 Å². The number of methoxy groups -OCH3 is 1. The van der Waals surface area contributed by atoms with Crippen molar-refractivity contribution in [3.8, 4) is 0 Å². The Bertz CT molecular complexity index is 607. The summed E-state index contributed by atoms with van der Waals surface area (Å²) in [7, 11) is 1.63. The number of nitrogens with zero attached hydrogens (tertiary/aromatic N) is 2. The first-order chi connectivity index (χ1) is 9.60. The van der Waals surface area contributed by atoms with Gasteiger partial charge in [0.05, 0.1) is 25.0 Å². The normalized spacial score (nSPS) is 10.5. The highest BCUT2D eigenvalue weighted by atomic mass is 16.5. The zero-order chi connectivity index (χ0) is 14.5. The van der Waals surface area contributed by atoms with Crippen molar-refractivity contribution in [2.75, 3.05) is 24.8 Å². The Labute approximate surface area is 117 Å². The molecule has 0 aliphatic carbocycles.